The SMILES string of the molecule is Cn1ncc(C(N)=S)c1NC(=O)Cc1cccc(F)c1. The number of anilines is 1. The molecule has 0 saturated carbocycles. The first-order valence-corrected chi connectivity index (χ1v) is 6.24. The van der Waals surface area contributed by atoms with Gasteiger partial charge >= 0.3 is 0 Å². The average Bonchev–Trinajstić information content (AvgIpc) is 2.71. The highest BCUT2D eigenvalue weighted by Gasteiger charge is 2.14. The lowest BCUT2D eigenvalue weighted by molar-refractivity contribution is -0.115. The minimum atomic E-state index is -0.375. The number of benzene rings is 1. The number of hydrogen-bond acceptors (Lipinski definition) is 3. The standard InChI is InChI=1S/C13H13FN4OS/c1-18-13(10(7-16-18)12(15)20)17-11(19)6-8-3-2-4-9(14)5-8/h2-5,7H,6H2,1H3,(H2,15,20)(H,17,19). The number of nitrogens with two attached hydrogens (primary N) is 1. The van der Waals surface area contributed by atoms with Gasteiger partial charge in [0, 0.05) is 7.05 Å². The van der Waals surface area contributed by atoms with E-state index < -0.39 is 0 Å². The zero-order chi connectivity index (χ0) is 14.7. The van der Waals surface area contributed by atoms with Crippen molar-refractivity contribution in [2.75, 3.05) is 5.32 Å². The van der Waals surface area contributed by atoms with E-state index >= 15 is 0 Å². The van der Waals surface area contributed by atoms with E-state index in [2.05, 4.69) is 10.4 Å². The molecule has 104 valence electrons. The predicted octanol–water partition coefficient (Wildman–Crippen LogP) is 1.37. The molecular formula is C13H13FN4OS. The summed E-state index contributed by atoms with van der Waals surface area (Å²) in [5.74, 6) is -0.240. The molecule has 0 atom stereocenters. The summed E-state index contributed by atoms with van der Waals surface area (Å²) in [6.45, 7) is 0. The van der Waals surface area contributed by atoms with Crippen LogP contribution in [0.3, 0.4) is 0 Å². The van der Waals surface area contributed by atoms with E-state index in [0.717, 1.165) is 0 Å². The maximum absolute atomic E-state index is 13.0. The van der Waals surface area contributed by atoms with E-state index in [-0.39, 0.29) is 23.1 Å². The Labute approximate surface area is 120 Å². The lowest BCUT2D eigenvalue weighted by Crippen LogP contribution is -2.20. The Morgan fingerprint density at radius 2 is 2.30 bits per heavy atom. The van der Waals surface area contributed by atoms with Gasteiger partial charge in [0.1, 0.15) is 16.6 Å². The fraction of sp³-hybridized carbons (Fsp3) is 0.154. The smallest absolute Gasteiger partial charge is 0.229 e. The van der Waals surface area contributed by atoms with Crippen molar-refractivity contribution in [2.45, 2.75) is 6.42 Å². The molecular weight excluding hydrogens is 279 g/mol. The van der Waals surface area contributed by atoms with Crippen LogP contribution in [0.4, 0.5) is 10.2 Å². The molecule has 2 aromatic rings. The lowest BCUT2D eigenvalue weighted by Gasteiger charge is -2.08. The van der Waals surface area contributed by atoms with Crippen LogP contribution in [0.25, 0.3) is 0 Å². The van der Waals surface area contributed by atoms with Gasteiger partial charge in [0.05, 0.1) is 18.2 Å². The third-order valence-electron chi connectivity index (χ3n) is 2.72. The Morgan fingerprint density at radius 3 is 2.95 bits per heavy atom. The van der Waals surface area contributed by atoms with Gasteiger partial charge in [-0.25, -0.2) is 4.39 Å². The lowest BCUT2D eigenvalue weighted by atomic mass is 10.1. The van der Waals surface area contributed by atoms with Gasteiger partial charge in [0.15, 0.2) is 0 Å². The Bertz CT molecular complexity index is 668. The summed E-state index contributed by atoms with van der Waals surface area (Å²) >= 11 is 4.89. The van der Waals surface area contributed by atoms with Crippen molar-refractivity contribution in [3.8, 4) is 0 Å². The van der Waals surface area contributed by atoms with Crippen LogP contribution in [-0.4, -0.2) is 20.7 Å². The molecule has 20 heavy (non-hydrogen) atoms. The first-order valence-electron chi connectivity index (χ1n) is 5.83. The molecule has 0 bridgehead atoms. The van der Waals surface area contributed by atoms with E-state index in [0.29, 0.717) is 16.9 Å². The maximum Gasteiger partial charge on any atom is 0.229 e. The number of hydrogen-bond donors (Lipinski definition) is 2. The summed E-state index contributed by atoms with van der Waals surface area (Å²) in [5.41, 5.74) is 6.63. The third kappa shape index (κ3) is 3.18. The van der Waals surface area contributed by atoms with Crippen LogP contribution in [0.2, 0.25) is 0 Å². The molecule has 0 saturated heterocycles. The normalized spacial score (nSPS) is 10.3. The minimum Gasteiger partial charge on any atom is -0.389 e. The number of rotatable bonds is 4. The van der Waals surface area contributed by atoms with Crippen LogP contribution < -0.4 is 11.1 Å². The second-order valence-corrected chi connectivity index (χ2v) is 4.69. The van der Waals surface area contributed by atoms with E-state index in [1.165, 1.54) is 23.0 Å². The highest BCUT2D eigenvalue weighted by molar-refractivity contribution is 7.80. The number of aryl methyl sites for hydroxylation is 1. The fourth-order valence-electron chi connectivity index (χ4n) is 1.77. The molecule has 1 heterocycles. The molecule has 0 fully saturated rings. The molecule has 1 aromatic heterocycles. The maximum atomic E-state index is 13.0. The van der Waals surface area contributed by atoms with Crippen molar-refractivity contribution < 1.29 is 9.18 Å². The summed E-state index contributed by atoms with van der Waals surface area (Å²) in [7, 11) is 1.67. The first-order chi connectivity index (χ1) is 9.47. The Kier molecular flexibility index (Phi) is 4.09. The summed E-state index contributed by atoms with van der Waals surface area (Å²) in [6.07, 6.45) is 1.54. The topological polar surface area (TPSA) is 72.9 Å². The van der Waals surface area contributed by atoms with Crippen molar-refractivity contribution in [1.29, 1.82) is 0 Å². The fourth-order valence-corrected chi connectivity index (χ4v) is 1.92. The minimum absolute atomic E-state index is 0.0553. The molecule has 0 radical (unpaired) electrons. The number of nitrogens with one attached hydrogen (secondary N) is 1. The number of aromatic nitrogens is 2. The van der Waals surface area contributed by atoms with Crippen LogP contribution in [0.1, 0.15) is 11.1 Å². The highest BCUT2D eigenvalue weighted by Crippen LogP contribution is 2.14. The van der Waals surface area contributed by atoms with Crippen molar-refractivity contribution in [1.82, 2.24) is 9.78 Å². The van der Waals surface area contributed by atoms with Crippen LogP contribution in [0, 0.1) is 5.82 Å². The summed E-state index contributed by atoms with van der Waals surface area (Å²) < 4.78 is 14.5. The highest BCUT2D eigenvalue weighted by atomic mass is 32.1. The number of halogens is 1. The molecule has 0 spiro atoms. The van der Waals surface area contributed by atoms with Gasteiger partial charge in [-0.05, 0) is 17.7 Å². The molecule has 7 heteroatoms. The Morgan fingerprint density at radius 1 is 1.55 bits per heavy atom. The number of carbonyl (C=O) groups excluding carboxylic acids is 1. The monoisotopic (exact) mass is 292 g/mol. The van der Waals surface area contributed by atoms with E-state index in [1.54, 1.807) is 19.2 Å². The van der Waals surface area contributed by atoms with Crippen molar-refractivity contribution in [2.24, 2.45) is 12.8 Å². The first kappa shape index (κ1) is 14.1. The number of amides is 1. The second kappa shape index (κ2) is 5.79. The van der Waals surface area contributed by atoms with Crippen LogP contribution >= 0.6 is 12.2 Å². The number of carbonyl (C=O) groups is 1. The van der Waals surface area contributed by atoms with Gasteiger partial charge in [0.2, 0.25) is 5.91 Å². The predicted molar refractivity (Wildman–Crippen MR) is 77.8 cm³/mol. The van der Waals surface area contributed by atoms with Crippen molar-refractivity contribution in [3.05, 3.63) is 47.4 Å². The number of thiocarbonyl (C=S) groups is 1. The van der Waals surface area contributed by atoms with Crippen molar-refractivity contribution >= 4 is 28.9 Å². The van der Waals surface area contributed by atoms with Gasteiger partial charge < -0.3 is 11.1 Å². The zero-order valence-corrected chi connectivity index (χ0v) is 11.6. The second-order valence-electron chi connectivity index (χ2n) is 4.25. The van der Waals surface area contributed by atoms with Crippen LogP contribution in [-0.2, 0) is 18.3 Å². The van der Waals surface area contributed by atoms with Crippen molar-refractivity contribution in [3.63, 3.8) is 0 Å². The Hall–Kier alpha value is -2.28. The number of nitrogens with zero attached hydrogens (tertiary/aromatic N) is 2. The molecule has 5 nitrogen and oxygen atoms in total. The zero-order valence-electron chi connectivity index (χ0n) is 10.8. The molecule has 0 unspecified atom stereocenters. The van der Waals surface area contributed by atoms with Crippen LogP contribution in [0.15, 0.2) is 30.5 Å². The third-order valence-corrected chi connectivity index (χ3v) is 2.94. The Balaban J connectivity index is 2.12. The van der Waals surface area contributed by atoms with Crippen LogP contribution in [0.5, 0.6) is 0 Å². The van der Waals surface area contributed by atoms with Gasteiger partial charge in [-0.1, -0.05) is 24.4 Å². The van der Waals surface area contributed by atoms with Gasteiger partial charge in [0.25, 0.3) is 0 Å². The van der Waals surface area contributed by atoms with E-state index in [4.69, 9.17) is 18.0 Å². The van der Waals surface area contributed by atoms with Gasteiger partial charge in [-0.2, -0.15) is 5.10 Å². The molecule has 0 aliphatic carbocycles. The van der Waals surface area contributed by atoms with Gasteiger partial charge in [-0.3, -0.25) is 9.48 Å². The molecule has 3 N–H and O–H groups in total. The van der Waals surface area contributed by atoms with E-state index in [9.17, 15) is 9.18 Å². The molecule has 1 amide bonds. The largest absolute Gasteiger partial charge is 0.389 e. The van der Waals surface area contributed by atoms with Gasteiger partial charge in [-0.15, -0.1) is 0 Å². The summed E-state index contributed by atoms with van der Waals surface area (Å²) in [4.78, 5) is 12.1. The quantitative estimate of drug-likeness (QED) is 0.835. The summed E-state index contributed by atoms with van der Waals surface area (Å²) in [6, 6.07) is 5.88. The summed E-state index contributed by atoms with van der Waals surface area (Å²) in [5, 5.41) is 6.67. The van der Waals surface area contributed by atoms with E-state index in [1.807, 2.05) is 0 Å². The molecule has 1 aromatic carbocycles. The molecule has 0 aliphatic heterocycles. The average molecular weight is 292 g/mol. The molecule has 0 aliphatic rings. The molecule has 2 rings (SSSR count).